The monoisotopic (exact) mass is 661 g/mol. The first-order chi connectivity index (χ1) is 20.8. The molecule has 1 saturated heterocycles. The second-order valence-corrected chi connectivity index (χ2v) is 13.2. The van der Waals surface area contributed by atoms with Crippen LogP contribution >= 0.6 is 23.2 Å². The van der Waals surface area contributed by atoms with Gasteiger partial charge in [-0.2, -0.15) is 9.40 Å². The number of nitrogens with one attached hydrogen (secondary N) is 3. The first kappa shape index (κ1) is 33.1. The van der Waals surface area contributed by atoms with Crippen LogP contribution in [0.25, 0.3) is 0 Å². The topological polar surface area (TPSA) is 146 Å². The molecule has 0 atom stereocenters. The molecular weight excluding hydrogens is 629 g/mol. The van der Waals surface area contributed by atoms with Crippen LogP contribution in [-0.4, -0.2) is 84.9 Å². The number of nitrogens with zero attached hydrogens (tertiary/aromatic N) is 4. The highest BCUT2D eigenvalue weighted by Gasteiger charge is 2.31. The van der Waals surface area contributed by atoms with Crippen molar-refractivity contribution in [2.75, 3.05) is 44.4 Å². The summed E-state index contributed by atoms with van der Waals surface area (Å²) in [5.74, 6) is -1.47. The maximum absolute atomic E-state index is 13.4. The lowest BCUT2D eigenvalue weighted by molar-refractivity contribution is -0.111. The summed E-state index contributed by atoms with van der Waals surface area (Å²) in [5, 5.41) is 12.8. The van der Waals surface area contributed by atoms with Gasteiger partial charge in [-0.05, 0) is 57.3 Å². The van der Waals surface area contributed by atoms with E-state index < -0.39 is 21.8 Å². The summed E-state index contributed by atoms with van der Waals surface area (Å²) < 4.78 is 29.5. The minimum Gasteiger partial charge on any atom is -0.348 e. The van der Waals surface area contributed by atoms with Gasteiger partial charge in [0.1, 0.15) is 0 Å². The lowest BCUT2D eigenvalue weighted by Gasteiger charge is -2.31. The van der Waals surface area contributed by atoms with Crippen LogP contribution in [0.4, 0.5) is 11.4 Å². The van der Waals surface area contributed by atoms with Gasteiger partial charge in [0.15, 0.2) is 5.69 Å². The molecule has 15 heteroatoms. The largest absolute Gasteiger partial charge is 0.348 e. The lowest BCUT2D eigenvalue weighted by atomic mass is 10.1. The van der Waals surface area contributed by atoms with Crippen LogP contribution in [-0.2, 0) is 21.9 Å². The van der Waals surface area contributed by atoms with Gasteiger partial charge >= 0.3 is 0 Å². The Balaban J connectivity index is 1.36. The number of aryl methyl sites for hydroxylation is 1. The van der Waals surface area contributed by atoms with Gasteiger partial charge in [-0.25, -0.2) is 8.42 Å². The van der Waals surface area contributed by atoms with Crippen molar-refractivity contribution in [3.05, 3.63) is 82.1 Å². The molecule has 0 bridgehead atoms. The number of anilines is 2. The van der Waals surface area contributed by atoms with Crippen LogP contribution in [0, 0.1) is 0 Å². The minimum absolute atomic E-state index is 0.00509. The van der Waals surface area contributed by atoms with Gasteiger partial charge in [0.2, 0.25) is 15.9 Å². The van der Waals surface area contributed by atoms with E-state index >= 15 is 0 Å². The molecule has 3 amide bonds. The number of hydrogen-bond donors (Lipinski definition) is 3. The number of halogens is 2. The Morgan fingerprint density at radius 2 is 1.68 bits per heavy atom. The smallest absolute Gasteiger partial charge is 0.274 e. The van der Waals surface area contributed by atoms with Gasteiger partial charge in [-0.1, -0.05) is 41.4 Å². The predicted octanol–water partition coefficient (Wildman–Crippen LogP) is 3.62. The molecule has 2 aromatic carbocycles. The number of benzene rings is 2. The van der Waals surface area contributed by atoms with E-state index in [9.17, 15) is 22.8 Å². The SMILES string of the molecule is CN(C)CC=CC(=O)Nc1cccc(S(=O)(=O)N2CCC(NC(=O)c3nn(C)cc3NC(=O)c3c(Cl)cccc3Cl)CC2)c1. The molecule has 3 N–H and O–H groups in total. The van der Waals surface area contributed by atoms with Gasteiger partial charge in [-0.3, -0.25) is 19.1 Å². The standard InChI is InChI=1S/C29H33Cl2N7O5S/c1-36(2)14-6-11-25(39)32-20-7-4-8-21(17-20)44(42,43)38-15-12-19(13-16-38)33-29(41)27-24(18-37(3)35-27)34-28(40)26-22(30)9-5-10-23(26)31/h4-11,17-19H,12-16H2,1-3H3,(H,32,39)(H,33,41)(H,34,40). The van der Waals surface area contributed by atoms with Crippen molar-refractivity contribution in [1.29, 1.82) is 0 Å². The van der Waals surface area contributed by atoms with Gasteiger partial charge in [0.05, 0.1) is 26.2 Å². The fraction of sp³-hybridized carbons (Fsp3) is 0.310. The van der Waals surface area contributed by atoms with E-state index in [2.05, 4.69) is 21.0 Å². The Kier molecular flexibility index (Phi) is 10.8. The lowest BCUT2D eigenvalue weighted by Crippen LogP contribution is -2.46. The molecule has 234 valence electrons. The highest BCUT2D eigenvalue weighted by molar-refractivity contribution is 7.89. The normalized spacial score (nSPS) is 14.6. The Morgan fingerprint density at radius 1 is 1.02 bits per heavy atom. The summed E-state index contributed by atoms with van der Waals surface area (Å²) >= 11 is 12.3. The number of rotatable bonds is 10. The molecule has 1 aromatic heterocycles. The van der Waals surface area contributed by atoms with E-state index in [0.717, 1.165) is 0 Å². The zero-order valence-electron chi connectivity index (χ0n) is 24.4. The molecule has 4 rings (SSSR count). The van der Waals surface area contributed by atoms with Gasteiger partial charge < -0.3 is 20.9 Å². The van der Waals surface area contributed by atoms with Gasteiger partial charge in [0, 0.05) is 50.7 Å². The minimum atomic E-state index is -3.84. The molecule has 0 radical (unpaired) electrons. The zero-order chi connectivity index (χ0) is 32.0. The molecule has 1 aliphatic rings. The molecule has 1 fully saturated rings. The molecule has 0 aliphatic carbocycles. The predicted molar refractivity (Wildman–Crippen MR) is 170 cm³/mol. The highest BCUT2D eigenvalue weighted by atomic mass is 35.5. The Hall–Kier alpha value is -3.75. The second-order valence-electron chi connectivity index (χ2n) is 10.4. The molecule has 3 aromatic rings. The molecule has 0 saturated carbocycles. The van der Waals surface area contributed by atoms with E-state index in [1.54, 1.807) is 31.3 Å². The first-order valence-electron chi connectivity index (χ1n) is 13.7. The van der Waals surface area contributed by atoms with Crippen molar-refractivity contribution < 1.29 is 22.8 Å². The number of piperidine rings is 1. The van der Waals surface area contributed by atoms with E-state index in [1.807, 2.05) is 19.0 Å². The molecule has 1 aliphatic heterocycles. The highest BCUT2D eigenvalue weighted by Crippen LogP contribution is 2.27. The number of amides is 3. The summed E-state index contributed by atoms with van der Waals surface area (Å²) in [4.78, 5) is 40.2. The zero-order valence-corrected chi connectivity index (χ0v) is 26.7. The van der Waals surface area contributed by atoms with Crippen molar-refractivity contribution in [3.8, 4) is 0 Å². The van der Waals surface area contributed by atoms with Crippen LogP contribution in [0.3, 0.4) is 0 Å². The van der Waals surface area contributed by atoms with Crippen LogP contribution in [0.2, 0.25) is 10.0 Å². The van der Waals surface area contributed by atoms with Crippen LogP contribution in [0.5, 0.6) is 0 Å². The number of likely N-dealkylation sites (N-methyl/N-ethyl adjacent to an activating group) is 1. The number of aromatic nitrogens is 2. The summed E-state index contributed by atoms with van der Waals surface area (Å²) in [6, 6.07) is 10.5. The third-order valence-electron chi connectivity index (χ3n) is 6.75. The van der Waals surface area contributed by atoms with Crippen molar-refractivity contribution in [3.63, 3.8) is 0 Å². The maximum Gasteiger partial charge on any atom is 0.274 e. The number of hydrogen-bond acceptors (Lipinski definition) is 7. The quantitative estimate of drug-likeness (QED) is 0.281. The van der Waals surface area contributed by atoms with E-state index in [4.69, 9.17) is 23.2 Å². The number of carbonyl (C=O) groups is 3. The summed E-state index contributed by atoms with van der Waals surface area (Å²) in [7, 11) is 1.53. The van der Waals surface area contributed by atoms with E-state index in [-0.39, 0.29) is 56.9 Å². The summed E-state index contributed by atoms with van der Waals surface area (Å²) in [5.41, 5.74) is 0.604. The molecule has 44 heavy (non-hydrogen) atoms. The van der Waals surface area contributed by atoms with Crippen molar-refractivity contribution in [1.82, 2.24) is 24.3 Å². The maximum atomic E-state index is 13.4. The van der Waals surface area contributed by atoms with Crippen LogP contribution < -0.4 is 16.0 Å². The second kappa shape index (κ2) is 14.4. The van der Waals surface area contributed by atoms with E-state index in [1.165, 1.54) is 45.5 Å². The Labute approximate surface area is 266 Å². The van der Waals surface area contributed by atoms with Crippen molar-refractivity contribution in [2.24, 2.45) is 7.05 Å². The Morgan fingerprint density at radius 3 is 2.34 bits per heavy atom. The molecule has 0 unspecified atom stereocenters. The van der Waals surface area contributed by atoms with Crippen molar-refractivity contribution in [2.45, 2.75) is 23.8 Å². The average molecular weight is 663 g/mol. The summed E-state index contributed by atoms with van der Waals surface area (Å²) in [6.07, 6.45) is 5.32. The van der Waals surface area contributed by atoms with Crippen LogP contribution in [0.15, 0.2) is 65.7 Å². The molecular formula is C29H33Cl2N7O5S. The molecule has 2 heterocycles. The van der Waals surface area contributed by atoms with Crippen molar-refractivity contribution >= 4 is 62.3 Å². The fourth-order valence-corrected chi connectivity index (χ4v) is 6.66. The third kappa shape index (κ3) is 8.24. The third-order valence-corrected chi connectivity index (χ3v) is 9.27. The Bertz CT molecular complexity index is 1660. The first-order valence-corrected chi connectivity index (χ1v) is 15.9. The van der Waals surface area contributed by atoms with Gasteiger partial charge in [0.25, 0.3) is 11.8 Å². The molecule has 12 nitrogen and oxygen atoms in total. The van der Waals surface area contributed by atoms with Gasteiger partial charge in [-0.15, -0.1) is 0 Å². The number of sulfonamides is 1. The summed E-state index contributed by atoms with van der Waals surface area (Å²) in [6.45, 7) is 0.943. The molecule has 0 spiro atoms. The average Bonchev–Trinajstić information content (AvgIpc) is 3.33. The van der Waals surface area contributed by atoms with E-state index in [0.29, 0.717) is 25.1 Å². The number of carbonyl (C=O) groups excluding carboxylic acids is 3. The van der Waals surface area contributed by atoms with Crippen LogP contribution in [0.1, 0.15) is 33.7 Å². The fourth-order valence-electron chi connectivity index (χ4n) is 4.58.